The van der Waals surface area contributed by atoms with Gasteiger partial charge in [0.1, 0.15) is 11.6 Å². The summed E-state index contributed by atoms with van der Waals surface area (Å²) in [6.45, 7) is 4.02. The molecule has 0 radical (unpaired) electrons. The van der Waals surface area contributed by atoms with Gasteiger partial charge in [-0.1, -0.05) is 0 Å². The Kier molecular flexibility index (Phi) is 4.64. The zero-order valence-electron chi connectivity index (χ0n) is 13.8. The molecule has 0 atom stereocenters. The van der Waals surface area contributed by atoms with Crippen molar-refractivity contribution in [1.82, 2.24) is 9.88 Å². The lowest BCUT2D eigenvalue weighted by atomic mass is 10.2. The maximum atomic E-state index is 13.8. The summed E-state index contributed by atoms with van der Waals surface area (Å²) >= 11 is 0. The van der Waals surface area contributed by atoms with Gasteiger partial charge in [-0.2, -0.15) is 0 Å². The molecule has 0 saturated heterocycles. The summed E-state index contributed by atoms with van der Waals surface area (Å²) in [6, 6.07) is 3.83. The van der Waals surface area contributed by atoms with E-state index in [0.717, 1.165) is 18.9 Å². The number of benzene rings is 1. The van der Waals surface area contributed by atoms with Gasteiger partial charge in [-0.05, 0) is 38.8 Å². The number of aromatic nitrogens is 1. The molecular formula is C18H20F2N2O2. The third kappa shape index (κ3) is 3.63. The normalized spacial score (nSPS) is 14.2. The Morgan fingerprint density at radius 1 is 1.38 bits per heavy atom. The van der Waals surface area contributed by atoms with Crippen LogP contribution >= 0.6 is 0 Å². The maximum absolute atomic E-state index is 13.8. The van der Waals surface area contributed by atoms with Crippen LogP contribution in [0, 0.1) is 11.6 Å². The lowest BCUT2D eigenvalue weighted by molar-refractivity contribution is -0.133. The monoisotopic (exact) mass is 334 g/mol. The molecule has 1 fully saturated rings. The maximum Gasteiger partial charge on any atom is 0.223 e. The van der Waals surface area contributed by atoms with E-state index in [1.807, 2.05) is 18.7 Å². The number of nitrogens with zero attached hydrogens (tertiary/aromatic N) is 2. The van der Waals surface area contributed by atoms with Crippen LogP contribution in [0.5, 0.6) is 0 Å². The van der Waals surface area contributed by atoms with Gasteiger partial charge in [0.2, 0.25) is 5.91 Å². The van der Waals surface area contributed by atoms with Crippen LogP contribution in [0.3, 0.4) is 0 Å². The van der Waals surface area contributed by atoms with Gasteiger partial charge >= 0.3 is 0 Å². The van der Waals surface area contributed by atoms with E-state index in [1.54, 1.807) is 0 Å². The van der Waals surface area contributed by atoms with Crippen LogP contribution in [-0.4, -0.2) is 27.9 Å². The third-order valence-electron chi connectivity index (χ3n) is 4.09. The van der Waals surface area contributed by atoms with Crippen molar-refractivity contribution in [3.63, 3.8) is 0 Å². The SMILES string of the molecule is CC(C)N(C(=O)CCc1ncc(-c2ccc(F)cc2F)o1)C1CC1. The number of aryl methyl sites for hydroxylation is 1. The fraction of sp³-hybridized carbons (Fsp3) is 0.444. The van der Waals surface area contributed by atoms with E-state index in [1.165, 1.54) is 18.3 Å². The molecule has 1 aliphatic carbocycles. The number of rotatable bonds is 6. The fourth-order valence-electron chi connectivity index (χ4n) is 2.85. The second kappa shape index (κ2) is 6.71. The van der Waals surface area contributed by atoms with Crippen molar-refractivity contribution in [3.05, 3.63) is 41.9 Å². The van der Waals surface area contributed by atoms with Gasteiger partial charge in [0.15, 0.2) is 11.7 Å². The van der Waals surface area contributed by atoms with E-state index in [0.29, 0.717) is 24.8 Å². The number of carbonyl (C=O) groups excluding carboxylic acids is 1. The number of carbonyl (C=O) groups is 1. The van der Waals surface area contributed by atoms with Gasteiger partial charge in [0, 0.05) is 31.0 Å². The summed E-state index contributed by atoms with van der Waals surface area (Å²) in [5, 5.41) is 0. The van der Waals surface area contributed by atoms with Crippen LogP contribution < -0.4 is 0 Å². The van der Waals surface area contributed by atoms with Gasteiger partial charge in [-0.15, -0.1) is 0 Å². The third-order valence-corrected chi connectivity index (χ3v) is 4.09. The second-order valence-electron chi connectivity index (χ2n) is 6.37. The topological polar surface area (TPSA) is 46.3 Å². The van der Waals surface area contributed by atoms with Gasteiger partial charge in [0.05, 0.1) is 11.8 Å². The van der Waals surface area contributed by atoms with Crippen LogP contribution in [0.25, 0.3) is 11.3 Å². The van der Waals surface area contributed by atoms with Crippen LogP contribution in [-0.2, 0) is 11.2 Å². The van der Waals surface area contributed by atoms with Crippen molar-refractivity contribution >= 4 is 5.91 Å². The molecule has 0 unspecified atom stereocenters. The smallest absolute Gasteiger partial charge is 0.223 e. The minimum Gasteiger partial charge on any atom is -0.441 e. The Labute approximate surface area is 139 Å². The van der Waals surface area contributed by atoms with E-state index in [-0.39, 0.29) is 23.3 Å². The predicted molar refractivity (Wildman–Crippen MR) is 85.2 cm³/mol. The molecule has 1 aromatic heterocycles. The van der Waals surface area contributed by atoms with E-state index < -0.39 is 11.6 Å². The first-order valence-corrected chi connectivity index (χ1v) is 8.17. The van der Waals surface area contributed by atoms with Crippen LogP contribution in [0.4, 0.5) is 8.78 Å². The first-order valence-electron chi connectivity index (χ1n) is 8.17. The van der Waals surface area contributed by atoms with Gasteiger partial charge in [0.25, 0.3) is 0 Å². The van der Waals surface area contributed by atoms with Crippen molar-refractivity contribution in [2.24, 2.45) is 0 Å². The Morgan fingerprint density at radius 3 is 2.75 bits per heavy atom. The number of halogens is 2. The Bertz CT molecular complexity index is 736. The molecule has 24 heavy (non-hydrogen) atoms. The second-order valence-corrected chi connectivity index (χ2v) is 6.37. The number of oxazole rings is 1. The van der Waals surface area contributed by atoms with E-state index >= 15 is 0 Å². The van der Waals surface area contributed by atoms with Crippen molar-refractivity contribution < 1.29 is 18.0 Å². The molecule has 0 bridgehead atoms. The van der Waals surface area contributed by atoms with Crippen molar-refractivity contribution in [2.75, 3.05) is 0 Å². The average Bonchev–Trinajstić information content (AvgIpc) is 3.22. The van der Waals surface area contributed by atoms with Crippen molar-refractivity contribution in [3.8, 4) is 11.3 Å². The van der Waals surface area contributed by atoms with Crippen molar-refractivity contribution in [1.29, 1.82) is 0 Å². The molecule has 0 aliphatic heterocycles. The van der Waals surface area contributed by atoms with Crippen LogP contribution in [0.2, 0.25) is 0 Å². The van der Waals surface area contributed by atoms with Crippen LogP contribution in [0.15, 0.2) is 28.8 Å². The van der Waals surface area contributed by atoms with Gasteiger partial charge < -0.3 is 9.32 Å². The molecule has 1 amide bonds. The average molecular weight is 334 g/mol. The Morgan fingerprint density at radius 2 is 2.12 bits per heavy atom. The lowest BCUT2D eigenvalue weighted by Crippen LogP contribution is -2.38. The van der Waals surface area contributed by atoms with Crippen LogP contribution in [0.1, 0.15) is 39.0 Å². The fourth-order valence-corrected chi connectivity index (χ4v) is 2.85. The van der Waals surface area contributed by atoms with E-state index in [9.17, 15) is 13.6 Å². The molecule has 3 rings (SSSR count). The summed E-state index contributed by atoms with van der Waals surface area (Å²) in [6.07, 6.45) is 4.20. The number of hydrogen-bond acceptors (Lipinski definition) is 3. The molecular weight excluding hydrogens is 314 g/mol. The zero-order valence-corrected chi connectivity index (χ0v) is 13.8. The van der Waals surface area contributed by atoms with Gasteiger partial charge in [-0.25, -0.2) is 13.8 Å². The summed E-state index contributed by atoms with van der Waals surface area (Å²) in [5.41, 5.74) is 0.156. The van der Waals surface area contributed by atoms with E-state index in [4.69, 9.17) is 4.42 Å². The molecule has 1 saturated carbocycles. The number of hydrogen-bond donors (Lipinski definition) is 0. The summed E-state index contributed by atoms with van der Waals surface area (Å²) in [5.74, 6) is -0.649. The molecule has 0 spiro atoms. The summed E-state index contributed by atoms with van der Waals surface area (Å²) in [4.78, 5) is 18.4. The molecule has 4 nitrogen and oxygen atoms in total. The summed E-state index contributed by atoms with van der Waals surface area (Å²) < 4.78 is 32.2. The highest BCUT2D eigenvalue weighted by Gasteiger charge is 2.33. The lowest BCUT2D eigenvalue weighted by Gasteiger charge is -2.26. The predicted octanol–water partition coefficient (Wildman–Crippen LogP) is 3.95. The first kappa shape index (κ1) is 16.6. The minimum atomic E-state index is -0.700. The minimum absolute atomic E-state index is 0.0835. The van der Waals surface area contributed by atoms with Gasteiger partial charge in [-0.3, -0.25) is 4.79 Å². The molecule has 2 aromatic rings. The Hall–Kier alpha value is -2.24. The highest BCUT2D eigenvalue weighted by molar-refractivity contribution is 5.77. The Balaban J connectivity index is 1.65. The quantitative estimate of drug-likeness (QED) is 0.803. The molecule has 1 heterocycles. The highest BCUT2D eigenvalue weighted by atomic mass is 19.1. The largest absolute Gasteiger partial charge is 0.441 e. The molecule has 1 aromatic carbocycles. The van der Waals surface area contributed by atoms with E-state index in [2.05, 4.69) is 4.98 Å². The zero-order chi connectivity index (χ0) is 17.3. The highest BCUT2D eigenvalue weighted by Crippen LogP contribution is 2.29. The number of amides is 1. The standard InChI is InChI=1S/C18H20F2N2O2/c1-11(2)22(13-4-5-13)18(23)8-7-17-21-10-16(24-17)14-6-3-12(19)9-15(14)20/h3,6,9-11,13H,4-5,7-8H2,1-2H3. The molecule has 0 N–H and O–H groups in total. The molecule has 128 valence electrons. The first-order chi connectivity index (χ1) is 11.5. The van der Waals surface area contributed by atoms with Crippen molar-refractivity contribution in [2.45, 2.75) is 51.6 Å². The summed E-state index contributed by atoms with van der Waals surface area (Å²) in [7, 11) is 0. The molecule has 1 aliphatic rings. The molecule has 6 heteroatoms.